The van der Waals surface area contributed by atoms with E-state index < -0.39 is 177 Å². The van der Waals surface area contributed by atoms with Gasteiger partial charge in [0, 0.05) is 0 Å². The van der Waals surface area contributed by atoms with E-state index in [-0.39, 0.29) is 0 Å². The Labute approximate surface area is 407 Å². The largest absolute Gasteiger partial charge is 0.460 e. The first-order chi connectivity index (χ1) is 30.0. The highest BCUT2D eigenvalue weighted by atomic mass is 127. The average Bonchev–Trinajstić information content (AvgIpc) is 3.93. The predicted octanol–water partition coefficient (Wildman–Crippen LogP) is 11.9. The first kappa shape index (κ1) is 56.5. The molecule has 36 heteroatoms. The molecule has 8 bridgehead atoms. The van der Waals surface area contributed by atoms with Gasteiger partial charge in [0.1, 0.15) is 0 Å². The standard InChI is InChI=1S/C32H8F28I4N4/c33-21(34,25(41,42)29(49,50)51)9-5-1-2-6(65-5)10(22(35,36)26(43,44)30(52,53)54)18-15(63)16(64)20(68-18)12(24(39,40)28(47,48)32(58,59)60)8-4-3-7(66-8)11(19-14(62)13(61)17(9)67-19)23(37,38)27(45,46)31(55,56)57/h1-4,65-68H. The third-order valence-electron chi connectivity index (χ3n) is 9.47. The molecule has 4 nitrogen and oxygen atoms in total. The third-order valence-corrected chi connectivity index (χ3v) is 15.8. The zero-order valence-corrected chi connectivity index (χ0v) is 39.0. The first-order valence-electron chi connectivity index (χ1n) is 16.4. The van der Waals surface area contributed by atoms with Gasteiger partial charge in [0.2, 0.25) is 0 Å². The van der Waals surface area contributed by atoms with E-state index in [1.807, 2.05) is 0 Å². The Morgan fingerprint density at radius 3 is 0.529 bits per heavy atom. The van der Waals surface area contributed by atoms with Crippen LogP contribution in [-0.2, 0) is 0 Å². The van der Waals surface area contributed by atoms with E-state index in [1.165, 1.54) is 0 Å². The molecule has 0 unspecified atom stereocenters. The quantitative estimate of drug-likeness (QED) is 0.100. The molecule has 4 aromatic rings. The van der Waals surface area contributed by atoms with Crippen molar-refractivity contribution in [2.75, 3.05) is 0 Å². The molecule has 1 aliphatic rings. The first-order valence-corrected chi connectivity index (χ1v) is 20.7. The van der Waals surface area contributed by atoms with Crippen molar-refractivity contribution in [3.8, 4) is 0 Å². The summed E-state index contributed by atoms with van der Waals surface area (Å²) >= 11 is 2.11. The van der Waals surface area contributed by atoms with Crippen LogP contribution in [0.3, 0.4) is 0 Å². The van der Waals surface area contributed by atoms with Crippen LogP contribution in [-0.4, -0.2) is 92.0 Å². The number of H-pyrrole nitrogens is 4. The van der Waals surface area contributed by atoms with Crippen molar-refractivity contribution >= 4 is 113 Å². The van der Waals surface area contributed by atoms with Gasteiger partial charge in [-0.15, -0.1) is 0 Å². The van der Waals surface area contributed by atoms with Gasteiger partial charge in [-0.05, 0) is 115 Å². The molecule has 4 aromatic heterocycles. The van der Waals surface area contributed by atoms with Crippen molar-refractivity contribution in [2.24, 2.45) is 0 Å². The maximum atomic E-state index is 16.1. The lowest BCUT2D eigenvalue weighted by Gasteiger charge is -2.30. The fourth-order valence-electron chi connectivity index (χ4n) is 6.15. The number of hydrogen-bond acceptors (Lipinski definition) is 0. The van der Waals surface area contributed by atoms with Crippen molar-refractivity contribution in [2.45, 2.75) is 72.1 Å². The lowest BCUT2D eigenvalue weighted by molar-refractivity contribution is -0.339. The van der Waals surface area contributed by atoms with Gasteiger partial charge in [0.05, 0.1) is 80.7 Å². The summed E-state index contributed by atoms with van der Waals surface area (Å²) in [4.78, 5) is 4.42. The number of rotatable bonds is 8. The van der Waals surface area contributed by atoms with Gasteiger partial charge < -0.3 is 19.9 Å². The maximum absolute atomic E-state index is 16.1. The number of hydrogen-bond donors (Lipinski definition) is 4. The number of aromatic amines is 4. The molecule has 68 heavy (non-hydrogen) atoms. The molecule has 1 aliphatic heterocycles. The van der Waals surface area contributed by atoms with Crippen LogP contribution < -0.4 is 21.4 Å². The van der Waals surface area contributed by atoms with E-state index >= 15 is 35.1 Å². The zero-order valence-electron chi connectivity index (χ0n) is 30.4. The molecule has 0 aromatic carbocycles. The average molecular weight is 1490 g/mol. The third kappa shape index (κ3) is 8.07. The molecule has 0 aliphatic carbocycles. The molecule has 0 radical (unpaired) electrons. The summed E-state index contributed by atoms with van der Waals surface area (Å²) in [6.07, 6.45) is -29.9. The summed E-state index contributed by atoms with van der Waals surface area (Å²) in [6, 6.07) is -1.61. The van der Waals surface area contributed by atoms with Crippen LogP contribution in [0.15, 0.2) is 24.3 Å². The molecule has 4 N–H and O–H groups in total. The monoisotopic (exact) mass is 1490 g/mol. The molecule has 0 fully saturated rings. The smallest absolute Gasteiger partial charge is 0.355 e. The fourth-order valence-corrected chi connectivity index (χ4v) is 8.85. The van der Waals surface area contributed by atoms with Gasteiger partial charge in [-0.25, -0.2) is 0 Å². The van der Waals surface area contributed by atoms with Gasteiger partial charge in [-0.3, -0.25) is 0 Å². The minimum atomic E-state index is -7.51. The van der Waals surface area contributed by atoms with Crippen LogP contribution in [0.25, 0.3) is 22.3 Å². The van der Waals surface area contributed by atoms with E-state index in [4.69, 9.17) is 0 Å². The predicted molar refractivity (Wildman–Crippen MR) is 206 cm³/mol. The number of fused-ring (bicyclic) bond motifs is 8. The van der Waals surface area contributed by atoms with Crippen LogP contribution in [0.4, 0.5) is 123 Å². The Bertz CT molecular complexity index is 2530. The summed E-state index contributed by atoms with van der Waals surface area (Å²) in [6.45, 7) is 0. The second-order valence-electron chi connectivity index (χ2n) is 13.7. The Kier molecular flexibility index (Phi) is 13.7. The van der Waals surface area contributed by atoms with E-state index in [0.717, 1.165) is 19.9 Å². The molecular weight excluding hydrogens is 1480 g/mol. The minimum absolute atomic E-state index is 0.403. The summed E-state index contributed by atoms with van der Waals surface area (Å²) < 4.78 is 406. The molecular formula is C32H8F28I4N4. The Hall–Kier alpha value is -2.44. The lowest BCUT2D eigenvalue weighted by Crippen LogP contribution is -2.55. The van der Waals surface area contributed by atoms with E-state index in [1.54, 1.807) is 0 Å². The van der Waals surface area contributed by atoms with Gasteiger partial charge in [0.25, 0.3) is 0 Å². The highest BCUT2D eigenvalue weighted by Gasteiger charge is 2.78. The molecule has 5 heterocycles. The molecule has 5 rings (SSSR count). The fraction of sp³-hybridized carbons (Fsp3) is 0.375. The minimum Gasteiger partial charge on any atom is -0.355 e. The number of halogens is 32. The molecule has 0 amide bonds. The Morgan fingerprint density at radius 2 is 0.397 bits per heavy atom. The second-order valence-corrected chi connectivity index (χ2v) is 18.0. The van der Waals surface area contributed by atoms with Crippen LogP contribution in [0.5, 0.6) is 0 Å². The SMILES string of the molecule is FC(F)(F)C(F)(F)C(F)(F)C1=c2[nH]c(c(I)c2I)=C(C(F)(F)C(F)(F)C(F)(F)F)c2ccc([nH]2)C(C(F)(F)C(F)(F)C(F)(F)F)=c2[nH]c(c(I)c2I)=C(C(F)(F)C(F)(F)C(F)(F)F)c2ccc1[nH]2. The Balaban J connectivity index is 2.30. The number of alkyl halides is 28. The zero-order chi connectivity index (χ0) is 52.9. The van der Waals surface area contributed by atoms with E-state index in [0.29, 0.717) is 90.4 Å². The maximum Gasteiger partial charge on any atom is 0.460 e. The van der Waals surface area contributed by atoms with Crippen LogP contribution in [0, 0.1) is 14.3 Å². The van der Waals surface area contributed by atoms with Crippen molar-refractivity contribution < 1.29 is 123 Å². The summed E-state index contributed by atoms with van der Waals surface area (Å²) in [5.74, 6) is -58.2. The lowest BCUT2D eigenvalue weighted by atomic mass is 9.98. The van der Waals surface area contributed by atoms with Crippen molar-refractivity contribution in [1.82, 2.24) is 19.9 Å². The molecule has 0 saturated heterocycles. The van der Waals surface area contributed by atoms with Gasteiger partial charge >= 0.3 is 72.1 Å². The second kappa shape index (κ2) is 16.5. The topological polar surface area (TPSA) is 63.2 Å². The number of nitrogens with one attached hydrogen (secondary N) is 4. The van der Waals surface area contributed by atoms with Crippen molar-refractivity contribution in [1.29, 1.82) is 0 Å². The van der Waals surface area contributed by atoms with E-state index in [9.17, 15) is 87.8 Å². The summed E-state index contributed by atoms with van der Waals surface area (Å²) in [5.41, 5.74) is -21.5. The normalized spacial score (nSPS) is 16.1. The Morgan fingerprint density at radius 1 is 0.250 bits per heavy atom. The van der Waals surface area contributed by atoms with Crippen molar-refractivity contribution in [3.05, 3.63) is 82.7 Å². The summed E-state index contributed by atoms with van der Waals surface area (Å²) in [7, 11) is 0. The molecule has 0 atom stereocenters. The van der Waals surface area contributed by atoms with Crippen LogP contribution in [0.2, 0.25) is 0 Å². The number of aromatic nitrogens is 4. The van der Waals surface area contributed by atoms with E-state index in [2.05, 4.69) is 0 Å². The van der Waals surface area contributed by atoms with Gasteiger partial charge in [-0.1, -0.05) is 0 Å². The van der Waals surface area contributed by atoms with Crippen LogP contribution in [0.1, 0.15) is 22.8 Å². The molecule has 0 saturated carbocycles. The summed E-state index contributed by atoms with van der Waals surface area (Å²) in [5, 5.41) is -9.01. The highest BCUT2D eigenvalue weighted by molar-refractivity contribution is 14.1. The molecule has 0 spiro atoms. The van der Waals surface area contributed by atoms with Crippen molar-refractivity contribution in [3.63, 3.8) is 0 Å². The molecule has 380 valence electrons. The van der Waals surface area contributed by atoms with Gasteiger partial charge in [0.15, 0.2) is 0 Å². The highest BCUT2D eigenvalue weighted by Crippen LogP contribution is 2.56. The van der Waals surface area contributed by atoms with Crippen LogP contribution >= 0.6 is 90.4 Å². The van der Waals surface area contributed by atoms with Gasteiger partial charge in [-0.2, -0.15) is 123 Å².